The summed E-state index contributed by atoms with van der Waals surface area (Å²) in [5.74, 6) is -0.294. The highest BCUT2D eigenvalue weighted by Crippen LogP contribution is 2.17. The number of carbonyl (C=O) groups is 1. The van der Waals surface area contributed by atoms with Gasteiger partial charge in [0.15, 0.2) is 0 Å². The van der Waals surface area contributed by atoms with E-state index in [0.717, 1.165) is 5.56 Å². The van der Waals surface area contributed by atoms with Crippen LogP contribution in [0.15, 0.2) is 71.6 Å². The van der Waals surface area contributed by atoms with E-state index in [9.17, 15) is 13.2 Å². The lowest BCUT2D eigenvalue weighted by molar-refractivity contribution is -0.111. The number of carbonyl (C=O) groups excluding carboxylic acids is 1. The zero-order valence-electron chi connectivity index (χ0n) is 16.0. The molecular formula is C21H20N4O3S. The van der Waals surface area contributed by atoms with Crippen LogP contribution in [-0.4, -0.2) is 24.3 Å². The van der Waals surface area contributed by atoms with Crippen molar-refractivity contribution in [3.8, 4) is 0 Å². The van der Waals surface area contributed by atoms with E-state index in [1.807, 2.05) is 30.3 Å². The molecular weight excluding hydrogens is 388 g/mol. The summed E-state index contributed by atoms with van der Waals surface area (Å²) in [6.45, 7) is 3.52. The Balaban J connectivity index is 1.67. The van der Waals surface area contributed by atoms with E-state index >= 15 is 0 Å². The van der Waals surface area contributed by atoms with Gasteiger partial charge in [0.05, 0.1) is 4.90 Å². The Morgan fingerprint density at radius 2 is 1.55 bits per heavy atom. The molecule has 0 unspecified atom stereocenters. The maximum atomic E-state index is 12.5. The first-order valence-electron chi connectivity index (χ1n) is 8.81. The lowest BCUT2D eigenvalue weighted by atomic mass is 10.2. The van der Waals surface area contributed by atoms with Crippen molar-refractivity contribution in [2.24, 2.45) is 0 Å². The zero-order valence-corrected chi connectivity index (χ0v) is 16.8. The predicted octanol–water partition coefficient (Wildman–Crippen LogP) is 3.55. The molecule has 0 atom stereocenters. The molecule has 3 aromatic rings. The van der Waals surface area contributed by atoms with Crippen LogP contribution in [0.1, 0.15) is 17.0 Å². The SMILES string of the molecule is Cc1cc(C)nc(NS(=O)(=O)c2ccc(NC(=O)C=Cc3ccccc3)cc2)n1. The summed E-state index contributed by atoms with van der Waals surface area (Å²) in [4.78, 5) is 20.2. The molecule has 0 spiro atoms. The molecule has 1 heterocycles. The second-order valence-electron chi connectivity index (χ2n) is 6.34. The van der Waals surface area contributed by atoms with Crippen LogP contribution in [0.2, 0.25) is 0 Å². The fourth-order valence-corrected chi connectivity index (χ4v) is 3.53. The van der Waals surface area contributed by atoms with Crippen LogP contribution < -0.4 is 10.0 Å². The van der Waals surface area contributed by atoms with Gasteiger partial charge in [-0.15, -0.1) is 0 Å². The highest BCUT2D eigenvalue weighted by Gasteiger charge is 2.16. The molecule has 0 saturated carbocycles. The van der Waals surface area contributed by atoms with Gasteiger partial charge in [-0.05, 0) is 55.8 Å². The first kappa shape index (κ1) is 20.2. The van der Waals surface area contributed by atoms with E-state index < -0.39 is 10.0 Å². The van der Waals surface area contributed by atoms with Crippen LogP contribution in [0.3, 0.4) is 0 Å². The summed E-state index contributed by atoms with van der Waals surface area (Å²) in [6.07, 6.45) is 3.11. The molecule has 7 nitrogen and oxygen atoms in total. The zero-order chi connectivity index (χ0) is 20.9. The molecule has 8 heteroatoms. The molecule has 0 radical (unpaired) electrons. The largest absolute Gasteiger partial charge is 0.323 e. The quantitative estimate of drug-likeness (QED) is 0.608. The minimum Gasteiger partial charge on any atom is -0.323 e. The number of hydrogen-bond donors (Lipinski definition) is 2. The van der Waals surface area contributed by atoms with Gasteiger partial charge in [0.25, 0.3) is 10.0 Å². The predicted molar refractivity (Wildman–Crippen MR) is 113 cm³/mol. The normalized spacial score (nSPS) is 11.4. The fourth-order valence-electron chi connectivity index (χ4n) is 2.59. The standard InChI is InChI=1S/C21H20N4O3S/c1-15-14-16(2)23-21(22-15)25-29(27,28)19-11-9-18(10-12-19)24-20(26)13-8-17-6-4-3-5-7-17/h3-14H,1-2H3,(H,24,26)(H,22,23,25). The molecule has 2 aromatic carbocycles. The van der Waals surface area contributed by atoms with Crippen molar-refractivity contribution in [2.45, 2.75) is 18.7 Å². The number of nitrogens with zero attached hydrogens (tertiary/aromatic N) is 2. The number of benzene rings is 2. The monoisotopic (exact) mass is 408 g/mol. The molecule has 2 N–H and O–H groups in total. The van der Waals surface area contributed by atoms with Gasteiger partial charge < -0.3 is 5.32 Å². The topological polar surface area (TPSA) is 101 Å². The number of anilines is 2. The van der Waals surface area contributed by atoms with Crippen molar-refractivity contribution in [1.82, 2.24) is 9.97 Å². The Morgan fingerprint density at radius 3 is 2.17 bits per heavy atom. The first-order valence-corrected chi connectivity index (χ1v) is 10.3. The van der Waals surface area contributed by atoms with Gasteiger partial charge in [-0.25, -0.2) is 23.1 Å². The minimum atomic E-state index is -3.84. The smallest absolute Gasteiger partial charge is 0.264 e. The molecule has 1 aromatic heterocycles. The Kier molecular flexibility index (Phi) is 6.04. The fraction of sp³-hybridized carbons (Fsp3) is 0.0952. The van der Waals surface area contributed by atoms with E-state index in [0.29, 0.717) is 17.1 Å². The number of amides is 1. The molecule has 0 fully saturated rings. The van der Waals surface area contributed by atoms with Gasteiger partial charge in [0.2, 0.25) is 11.9 Å². The Morgan fingerprint density at radius 1 is 0.931 bits per heavy atom. The third-order valence-corrected chi connectivity index (χ3v) is 5.21. The number of hydrogen-bond acceptors (Lipinski definition) is 5. The van der Waals surface area contributed by atoms with Gasteiger partial charge >= 0.3 is 0 Å². The van der Waals surface area contributed by atoms with Crippen molar-refractivity contribution in [3.63, 3.8) is 0 Å². The minimum absolute atomic E-state index is 0.0194. The molecule has 0 aliphatic rings. The lowest BCUT2D eigenvalue weighted by Crippen LogP contribution is -2.16. The Hall–Kier alpha value is -3.52. The summed E-state index contributed by atoms with van der Waals surface area (Å²) >= 11 is 0. The van der Waals surface area contributed by atoms with Crippen molar-refractivity contribution in [2.75, 3.05) is 10.0 Å². The molecule has 148 valence electrons. The van der Waals surface area contributed by atoms with Gasteiger partial charge in [-0.2, -0.15) is 0 Å². The van der Waals surface area contributed by atoms with Gasteiger partial charge in [0.1, 0.15) is 0 Å². The third kappa shape index (κ3) is 5.73. The molecule has 0 saturated heterocycles. The van der Waals surface area contributed by atoms with E-state index in [2.05, 4.69) is 20.0 Å². The second-order valence-corrected chi connectivity index (χ2v) is 8.02. The summed E-state index contributed by atoms with van der Waals surface area (Å²) in [6, 6.07) is 17.0. The maximum absolute atomic E-state index is 12.5. The van der Waals surface area contributed by atoms with Crippen molar-refractivity contribution in [3.05, 3.63) is 83.7 Å². The average molecular weight is 408 g/mol. The summed E-state index contributed by atoms with van der Waals surface area (Å²) in [7, 11) is -3.84. The molecule has 29 heavy (non-hydrogen) atoms. The maximum Gasteiger partial charge on any atom is 0.264 e. The third-order valence-electron chi connectivity index (χ3n) is 3.87. The van der Waals surface area contributed by atoms with Crippen LogP contribution in [-0.2, 0) is 14.8 Å². The van der Waals surface area contributed by atoms with Gasteiger partial charge in [-0.3, -0.25) is 4.79 Å². The first-order chi connectivity index (χ1) is 13.8. The number of nitrogens with one attached hydrogen (secondary N) is 2. The summed E-state index contributed by atoms with van der Waals surface area (Å²) in [5, 5.41) is 2.69. The molecule has 3 rings (SSSR count). The Bertz CT molecular complexity index is 1120. The highest BCUT2D eigenvalue weighted by atomic mass is 32.2. The molecule has 0 aliphatic heterocycles. The average Bonchev–Trinajstić information content (AvgIpc) is 2.66. The van der Waals surface area contributed by atoms with Crippen molar-refractivity contribution in [1.29, 1.82) is 0 Å². The van der Waals surface area contributed by atoms with E-state index in [-0.39, 0.29) is 16.8 Å². The second kappa shape index (κ2) is 8.66. The van der Waals surface area contributed by atoms with E-state index in [1.165, 1.54) is 30.3 Å². The van der Waals surface area contributed by atoms with Crippen molar-refractivity contribution < 1.29 is 13.2 Å². The van der Waals surface area contributed by atoms with Crippen LogP contribution >= 0.6 is 0 Å². The van der Waals surface area contributed by atoms with Crippen LogP contribution in [0.4, 0.5) is 11.6 Å². The van der Waals surface area contributed by atoms with Crippen LogP contribution in [0, 0.1) is 13.8 Å². The number of sulfonamides is 1. The number of aromatic nitrogens is 2. The molecule has 0 aliphatic carbocycles. The summed E-state index contributed by atoms with van der Waals surface area (Å²) < 4.78 is 27.4. The number of rotatable bonds is 6. The lowest BCUT2D eigenvalue weighted by Gasteiger charge is -2.09. The molecule has 0 bridgehead atoms. The summed E-state index contributed by atoms with van der Waals surface area (Å²) in [5.41, 5.74) is 2.71. The van der Waals surface area contributed by atoms with Crippen LogP contribution in [0.5, 0.6) is 0 Å². The van der Waals surface area contributed by atoms with Gasteiger partial charge in [-0.1, -0.05) is 30.3 Å². The number of aryl methyl sites for hydroxylation is 2. The van der Waals surface area contributed by atoms with E-state index in [1.54, 1.807) is 26.0 Å². The van der Waals surface area contributed by atoms with Gasteiger partial charge in [0, 0.05) is 23.2 Å². The molecule has 1 amide bonds. The Labute approximate surface area is 169 Å². The highest BCUT2D eigenvalue weighted by molar-refractivity contribution is 7.92. The van der Waals surface area contributed by atoms with Crippen molar-refractivity contribution >= 4 is 33.6 Å². The van der Waals surface area contributed by atoms with E-state index in [4.69, 9.17) is 0 Å². The van der Waals surface area contributed by atoms with Crippen LogP contribution in [0.25, 0.3) is 6.08 Å².